The van der Waals surface area contributed by atoms with Crippen molar-refractivity contribution in [1.29, 1.82) is 0 Å². The molecule has 5 nitrogen and oxygen atoms in total. The van der Waals surface area contributed by atoms with Crippen LogP contribution in [0.4, 0.5) is 0 Å². The maximum atomic E-state index is 13.1. The van der Waals surface area contributed by atoms with Crippen molar-refractivity contribution in [3.63, 3.8) is 0 Å². The zero-order chi connectivity index (χ0) is 20.1. The molecule has 158 valence electrons. The van der Waals surface area contributed by atoms with Gasteiger partial charge < -0.3 is 5.84 Å². The SMILES string of the molecule is CC1CCC2(C)C(CCC3C2CCC2(C)C(C(=O)CN(N)/C=N\N)CCC32)C1. The fourth-order valence-electron chi connectivity index (χ4n) is 8.42. The first-order valence-electron chi connectivity index (χ1n) is 11.6. The second kappa shape index (κ2) is 7.30. The molecule has 0 amide bonds. The van der Waals surface area contributed by atoms with Gasteiger partial charge in [0.25, 0.3) is 0 Å². The minimum absolute atomic E-state index is 0.146. The number of hydrazone groups is 1. The Hall–Kier alpha value is -1.10. The Balaban J connectivity index is 1.51. The lowest BCUT2D eigenvalue weighted by Gasteiger charge is -2.61. The average molecular weight is 389 g/mol. The van der Waals surface area contributed by atoms with E-state index >= 15 is 0 Å². The largest absolute Gasteiger partial charge is 0.322 e. The van der Waals surface area contributed by atoms with Gasteiger partial charge in [0.2, 0.25) is 0 Å². The number of nitrogens with two attached hydrogens (primary N) is 2. The smallest absolute Gasteiger partial charge is 0.157 e. The van der Waals surface area contributed by atoms with Crippen molar-refractivity contribution in [2.45, 2.75) is 78.6 Å². The van der Waals surface area contributed by atoms with Crippen LogP contribution in [-0.2, 0) is 4.79 Å². The maximum absolute atomic E-state index is 13.1. The van der Waals surface area contributed by atoms with Gasteiger partial charge in [-0.3, -0.25) is 9.80 Å². The Labute approximate surface area is 170 Å². The number of Topliss-reactive ketones (excluding diaryl/α,β-unsaturated/α-hetero) is 1. The van der Waals surface area contributed by atoms with Gasteiger partial charge in [0.1, 0.15) is 6.34 Å². The van der Waals surface area contributed by atoms with Gasteiger partial charge in [-0.05, 0) is 91.8 Å². The van der Waals surface area contributed by atoms with Crippen molar-refractivity contribution in [3.05, 3.63) is 0 Å². The number of carbonyl (C=O) groups excluding carboxylic acids is 1. The lowest BCUT2D eigenvalue weighted by molar-refractivity contribution is -0.136. The van der Waals surface area contributed by atoms with E-state index in [4.69, 9.17) is 11.7 Å². The van der Waals surface area contributed by atoms with Gasteiger partial charge in [-0.25, -0.2) is 5.84 Å². The Morgan fingerprint density at radius 2 is 1.79 bits per heavy atom. The quantitative estimate of drug-likeness (QED) is 0.331. The summed E-state index contributed by atoms with van der Waals surface area (Å²) < 4.78 is 0. The summed E-state index contributed by atoms with van der Waals surface area (Å²) in [6.45, 7) is 7.71. The second-order valence-corrected chi connectivity index (χ2v) is 11.1. The fourth-order valence-corrected chi connectivity index (χ4v) is 8.42. The summed E-state index contributed by atoms with van der Waals surface area (Å²) in [6, 6.07) is 0. The van der Waals surface area contributed by atoms with Crippen LogP contribution in [0.1, 0.15) is 78.6 Å². The van der Waals surface area contributed by atoms with Crippen molar-refractivity contribution in [2.75, 3.05) is 6.54 Å². The molecule has 0 aromatic rings. The summed E-state index contributed by atoms with van der Waals surface area (Å²) in [5.41, 5.74) is 0.703. The van der Waals surface area contributed by atoms with Gasteiger partial charge in [0.05, 0.1) is 6.54 Å². The summed E-state index contributed by atoms with van der Waals surface area (Å²) in [7, 11) is 0. The molecule has 28 heavy (non-hydrogen) atoms. The molecule has 5 heteroatoms. The van der Waals surface area contributed by atoms with Crippen molar-refractivity contribution in [1.82, 2.24) is 5.01 Å². The number of rotatable bonds is 4. The average Bonchev–Trinajstić information content (AvgIpc) is 3.00. The first kappa shape index (κ1) is 20.2. The van der Waals surface area contributed by atoms with Crippen LogP contribution in [0, 0.1) is 46.3 Å². The standard InChI is InChI=1S/C23H40N4O/c1-15-8-10-22(2)16(12-15)4-5-17-18-6-7-20(21(28)13-27(25)14-26-24)23(18,3)11-9-19(17)22/h14-20H,4-13,24-25H2,1-3H3/b26-14-. The van der Waals surface area contributed by atoms with Crippen LogP contribution >= 0.6 is 0 Å². The summed E-state index contributed by atoms with van der Waals surface area (Å²) >= 11 is 0. The van der Waals surface area contributed by atoms with Gasteiger partial charge >= 0.3 is 0 Å². The zero-order valence-electron chi connectivity index (χ0n) is 18.1. The van der Waals surface area contributed by atoms with Crippen LogP contribution in [0.15, 0.2) is 5.10 Å². The highest BCUT2D eigenvalue weighted by Gasteiger charge is 2.60. The minimum Gasteiger partial charge on any atom is -0.322 e. The summed E-state index contributed by atoms with van der Waals surface area (Å²) in [5.74, 6) is 15.7. The Bertz CT molecular complexity index is 636. The molecule has 0 heterocycles. The van der Waals surface area contributed by atoms with Gasteiger partial charge in [0, 0.05) is 5.92 Å². The molecule has 0 radical (unpaired) electrons. The van der Waals surface area contributed by atoms with E-state index in [1.807, 2.05) is 0 Å². The van der Waals surface area contributed by atoms with Crippen LogP contribution < -0.4 is 11.7 Å². The summed E-state index contributed by atoms with van der Waals surface area (Å²) in [4.78, 5) is 13.1. The number of nitrogens with zero attached hydrogens (tertiary/aromatic N) is 2. The van der Waals surface area contributed by atoms with Crippen molar-refractivity contribution in [2.24, 2.45) is 63.1 Å². The van der Waals surface area contributed by atoms with Gasteiger partial charge in [0.15, 0.2) is 5.78 Å². The van der Waals surface area contributed by atoms with Crippen molar-refractivity contribution < 1.29 is 4.79 Å². The molecule has 8 atom stereocenters. The third-order valence-corrected chi connectivity index (χ3v) is 9.87. The van der Waals surface area contributed by atoms with Crippen LogP contribution in [0.3, 0.4) is 0 Å². The van der Waals surface area contributed by atoms with E-state index < -0.39 is 0 Å². The minimum atomic E-state index is 0.146. The molecule has 0 spiro atoms. The highest BCUT2D eigenvalue weighted by molar-refractivity contribution is 5.85. The van der Waals surface area contributed by atoms with E-state index in [2.05, 4.69) is 25.9 Å². The Morgan fingerprint density at radius 3 is 2.54 bits per heavy atom. The number of ketones is 1. The van der Waals surface area contributed by atoms with Crippen LogP contribution in [0.5, 0.6) is 0 Å². The molecule has 0 saturated heterocycles. The molecule has 4 fully saturated rings. The summed E-state index contributed by atoms with van der Waals surface area (Å²) in [5, 5.41) is 4.78. The monoisotopic (exact) mass is 388 g/mol. The van der Waals surface area contributed by atoms with E-state index in [0.717, 1.165) is 30.1 Å². The lowest BCUT2D eigenvalue weighted by atomic mass is 9.44. The molecule has 4 aliphatic carbocycles. The zero-order valence-corrected chi connectivity index (χ0v) is 18.1. The topological polar surface area (TPSA) is 84.7 Å². The van der Waals surface area contributed by atoms with E-state index in [1.54, 1.807) is 0 Å². The predicted molar refractivity (Wildman–Crippen MR) is 113 cm³/mol. The molecule has 4 aliphatic rings. The van der Waals surface area contributed by atoms with Crippen LogP contribution in [0.2, 0.25) is 0 Å². The van der Waals surface area contributed by atoms with Crippen molar-refractivity contribution in [3.8, 4) is 0 Å². The number of carbonyl (C=O) groups is 1. The molecular formula is C23H40N4O. The third-order valence-electron chi connectivity index (χ3n) is 9.87. The predicted octanol–water partition coefficient (Wildman–Crippen LogP) is 3.93. The number of hydrazine groups is 1. The van der Waals surface area contributed by atoms with Crippen LogP contribution in [-0.4, -0.2) is 23.7 Å². The molecule has 0 aliphatic heterocycles. The number of hydrogen-bond donors (Lipinski definition) is 2. The first-order chi connectivity index (χ1) is 13.3. The molecule has 8 unspecified atom stereocenters. The highest BCUT2D eigenvalue weighted by atomic mass is 16.1. The van der Waals surface area contributed by atoms with E-state index in [-0.39, 0.29) is 23.7 Å². The van der Waals surface area contributed by atoms with E-state index in [0.29, 0.717) is 11.3 Å². The molecule has 0 bridgehead atoms. The molecule has 4 rings (SSSR count). The second-order valence-electron chi connectivity index (χ2n) is 11.1. The van der Waals surface area contributed by atoms with Gasteiger partial charge in [-0.15, -0.1) is 0 Å². The molecule has 0 aromatic heterocycles. The van der Waals surface area contributed by atoms with E-state index in [1.165, 1.54) is 62.7 Å². The fraction of sp³-hybridized carbons (Fsp3) is 0.913. The number of hydrogen-bond acceptors (Lipinski definition) is 4. The maximum Gasteiger partial charge on any atom is 0.157 e. The molecule has 4 saturated carbocycles. The Morgan fingerprint density at radius 1 is 1.07 bits per heavy atom. The lowest BCUT2D eigenvalue weighted by Crippen LogP contribution is -2.54. The normalized spacial score (nSPS) is 48.0. The van der Waals surface area contributed by atoms with Crippen molar-refractivity contribution >= 4 is 12.1 Å². The Kier molecular flexibility index (Phi) is 5.26. The third kappa shape index (κ3) is 3.09. The van der Waals surface area contributed by atoms with Crippen LogP contribution in [0.25, 0.3) is 0 Å². The van der Waals surface area contributed by atoms with Gasteiger partial charge in [-0.1, -0.05) is 27.2 Å². The molecule has 0 aromatic carbocycles. The molecule has 4 N–H and O–H groups in total. The van der Waals surface area contributed by atoms with E-state index in [9.17, 15) is 4.79 Å². The summed E-state index contributed by atoms with van der Waals surface area (Å²) in [6.07, 6.45) is 13.2. The number of fused-ring (bicyclic) bond motifs is 5. The highest BCUT2D eigenvalue weighted by Crippen LogP contribution is 2.67. The molecular weight excluding hydrogens is 348 g/mol. The van der Waals surface area contributed by atoms with Gasteiger partial charge in [-0.2, -0.15) is 5.10 Å². The first-order valence-corrected chi connectivity index (χ1v) is 11.6.